The van der Waals surface area contributed by atoms with Crippen molar-refractivity contribution in [1.29, 1.82) is 0 Å². The Balaban J connectivity index is 2.14. The largest absolute Gasteiger partial charge is 0.394 e. The van der Waals surface area contributed by atoms with Crippen LogP contribution >= 0.6 is 0 Å². The first kappa shape index (κ1) is 14.0. The zero-order valence-electron chi connectivity index (χ0n) is 11.0. The fourth-order valence-corrected chi connectivity index (χ4v) is 2.83. The van der Waals surface area contributed by atoms with E-state index in [2.05, 4.69) is 5.32 Å². The predicted octanol–water partition coefficient (Wildman–Crippen LogP) is 0.968. The molecular formula is C15H21NO3. The van der Waals surface area contributed by atoms with Gasteiger partial charge in [-0.25, -0.2) is 0 Å². The van der Waals surface area contributed by atoms with Crippen molar-refractivity contribution in [3.63, 3.8) is 0 Å². The molecule has 1 aliphatic rings. The highest BCUT2D eigenvalue weighted by Gasteiger charge is 2.42. The molecule has 4 nitrogen and oxygen atoms in total. The lowest BCUT2D eigenvalue weighted by atomic mass is 9.78. The third-order valence-corrected chi connectivity index (χ3v) is 3.93. The van der Waals surface area contributed by atoms with Gasteiger partial charge in [-0.15, -0.1) is 0 Å². The Kier molecular flexibility index (Phi) is 4.56. The average Bonchev–Trinajstić information content (AvgIpc) is 2.96. The van der Waals surface area contributed by atoms with E-state index in [1.165, 1.54) is 0 Å². The fraction of sp³-hybridized carbons (Fsp3) is 0.533. The Morgan fingerprint density at radius 3 is 2.47 bits per heavy atom. The molecule has 0 radical (unpaired) electrons. The predicted molar refractivity (Wildman–Crippen MR) is 72.7 cm³/mol. The summed E-state index contributed by atoms with van der Waals surface area (Å²) in [5.74, 6) is -0.0382. The summed E-state index contributed by atoms with van der Waals surface area (Å²) in [6, 6.07) is 9.83. The topological polar surface area (TPSA) is 69.6 Å². The van der Waals surface area contributed by atoms with Crippen molar-refractivity contribution in [3.8, 4) is 0 Å². The molecule has 1 unspecified atom stereocenters. The van der Waals surface area contributed by atoms with Gasteiger partial charge in [0.1, 0.15) is 0 Å². The summed E-state index contributed by atoms with van der Waals surface area (Å²) in [6.45, 7) is -0.234. The maximum absolute atomic E-state index is 12.5. The Hall–Kier alpha value is -1.39. The van der Waals surface area contributed by atoms with E-state index in [4.69, 9.17) is 5.11 Å². The van der Waals surface area contributed by atoms with Gasteiger partial charge in [0, 0.05) is 6.54 Å². The second-order valence-electron chi connectivity index (χ2n) is 5.20. The fourth-order valence-electron chi connectivity index (χ4n) is 2.83. The van der Waals surface area contributed by atoms with Gasteiger partial charge in [-0.2, -0.15) is 0 Å². The monoisotopic (exact) mass is 263 g/mol. The van der Waals surface area contributed by atoms with Crippen molar-refractivity contribution < 1.29 is 15.0 Å². The van der Waals surface area contributed by atoms with Crippen molar-refractivity contribution in [3.05, 3.63) is 35.9 Å². The molecule has 19 heavy (non-hydrogen) atoms. The third kappa shape index (κ3) is 2.96. The van der Waals surface area contributed by atoms with E-state index >= 15 is 0 Å². The van der Waals surface area contributed by atoms with Gasteiger partial charge in [-0.1, -0.05) is 43.2 Å². The van der Waals surface area contributed by atoms with Gasteiger partial charge in [0.2, 0.25) is 5.91 Å². The Morgan fingerprint density at radius 1 is 1.26 bits per heavy atom. The summed E-state index contributed by atoms with van der Waals surface area (Å²) in [7, 11) is 0. The second-order valence-corrected chi connectivity index (χ2v) is 5.20. The molecule has 0 bridgehead atoms. The minimum atomic E-state index is -0.891. The van der Waals surface area contributed by atoms with Gasteiger partial charge in [-0.05, 0) is 18.4 Å². The number of carbonyl (C=O) groups is 1. The Morgan fingerprint density at radius 2 is 1.89 bits per heavy atom. The number of nitrogens with one attached hydrogen (secondary N) is 1. The highest BCUT2D eigenvalue weighted by molar-refractivity contribution is 5.88. The number of hydrogen-bond acceptors (Lipinski definition) is 3. The van der Waals surface area contributed by atoms with Crippen LogP contribution in [0.15, 0.2) is 30.3 Å². The molecule has 1 aromatic carbocycles. The summed E-state index contributed by atoms with van der Waals surface area (Å²) in [4.78, 5) is 12.5. The van der Waals surface area contributed by atoms with Crippen molar-refractivity contribution in [2.75, 3.05) is 13.2 Å². The van der Waals surface area contributed by atoms with Crippen molar-refractivity contribution in [2.24, 2.45) is 0 Å². The molecule has 1 fully saturated rings. The zero-order chi connectivity index (χ0) is 13.7. The second kappa shape index (κ2) is 6.17. The van der Waals surface area contributed by atoms with Gasteiger partial charge < -0.3 is 15.5 Å². The van der Waals surface area contributed by atoms with Crippen LogP contribution in [-0.4, -0.2) is 35.4 Å². The lowest BCUT2D eigenvalue weighted by Gasteiger charge is -2.28. The van der Waals surface area contributed by atoms with Crippen LogP contribution < -0.4 is 5.32 Å². The molecule has 2 rings (SSSR count). The number of amides is 1. The number of carbonyl (C=O) groups excluding carboxylic acids is 1. The van der Waals surface area contributed by atoms with Gasteiger partial charge in [0.05, 0.1) is 18.1 Å². The molecule has 0 spiro atoms. The van der Waals surface area contributed by atoms with E-state index in [0.717, 1.165) is 31.2 Å². The van der Waals surface area contributed by atoms with Crippen LogP contribution in [0, 0.1) is 0 Å². The minimum absolute atomic E-state index is 0.0382. The van der Waals surface area contributed by atoms with Crippen LogP contribution in [-0.2, 0) is 10.2 Å². The van der Waals surface area contributed by atoms with Gasteiger partial charge in [0.25, 0.3) is 0 Å². The van der Waals surface area contributed by atoms with E-state index in [9.17, 15) is 9.90 Å². The standard InChI is InChI=1S/C15H21NO3/c17-11-13(18)10-16-14(19)15(8-4-5-9-15)12-6-2-1-3-7-12/h1-3,6-7,13,17-18H,4-5,8-11H2,(H,16,19). The summed E-state index contributed by atoms with van der Waals surface area (Å²) < 4.78 is 0. The molecule has 1 saturated carbocycles. The number of hydrogen-bond donors (Lipinski definition) is 3. The highest BCUT2D eigenvalue weighted by atomic mass is 16.3. The van der Waals surface area contributed by atoms with Gasteiger partial charge in [-0.3, -0.25) is 4.79 Å². The van der Waals surface area contributed by atoms with E-state index in [1.807, 2.05) is 30.3 Å². The zero-order valence-corrected chi connectivity index (χ0v) is 11.0. The molecular weight excluding hydrogens is 242 g/mol. The van der Waals surface area contributed by atoms with Crippen molar-refractivity contribution in [1.82, 2.24) is 5.32 Å². The molecule has 1 amide bonds. The molecule has 0 aromatic heterocycles. The number of rotatable bonds is 5. The SMILES string of the molecule is O=C(NCC(O)CO)C1(c2ccccc2)CCCC1. The molecule has 4 heteroatoms. The van der Waals surface area contributed by atoms with Crippen LogP contribution in [0.5, 0.6) is 0 Å². The summed E-state index contributed by atoms with van der Waals surface area (Å²) >= 11 is 0. The number of aliphatic hydroxyl groups is 2. The van der Waals surface area contributed by atoms with Crippen molar-refractivity contribution in [2.45, 2.75) is 37.2 Å². The first-order chi connectivity index (χ1) is 9.19. The van der Waals surface area contributed by atoms with E-state index in [-0.39, 0.29) is 19.1 Å². The number of benzene rings is 1. The van der Waals surface area contributed by atoms with Crippen LogP contribution in [0.4, 0.5) is 0 Å². The lowest BCUT2D eigenvalue weighted by Crippen LogP contribution is -2.45. The van der Waals surface area contributed by atoms with Crippen LogP contribution in [0.3, 0.4) is 0 Å². The van der Waals surface area contributed by atoms with Crippen molar-refractivity contribution >= 4 is 5.91 Å². The molecule has 1 aliphatic carbocycles. The average molecular weight is 263 g/mol. The smallest absolute Gasteiger partial charge is 0.230 e. The first-order valence-corrected chi connectivity index (χ1v) is 6.82. The maximum atomic E-state index is 12.5. The summed E-state index contributed by atoms with van der Waals surface area (Å²) in [5.41, 5.74) is 0.583. The molecule has 0 aliphatic heterocycles. The van der Waals surface area contributed by atoms with Crippen LogP contribution in [0.1, 0.15) is 31.2 Å². The Bertz CT molecular complexity index is 413. The van der Waals surface area contributed by atoms with E-state index < -0.39 is 11.5 Å². The van der Waals surface area contributed by atoms with Crippen LogP contribution in [0.2, 0.25) is 0 Å². The third-order valence-electron chi connectivity index (χ3n) is 3.93. The quantitative estimate of drug-likeness (QED) is 0.741. The highest BCUT2D eigenvalue weighted by Crippen LogP contribution is 2.41. The van der Waals surface area contributed by atoms with Crippen LogP contribution in [0.25, 0.3) is 0 Å². The summed E-state index contributed by atoms with van der Waals surface area (Å²) in [5, 5.41) is 20.9. The molecule has 104 valence electrons. The number of aliphatic hydroxyl groups excluding tert-OH is 2. The van der Waals surface area contributed by atoms with Gasteiger partial charge in [0.15, 0.2) is 0 Å². The molecule has 1 atom stereocenters. The minimum Gasteiger partial charge on any atom is -0.394 e. The van der Waals surface area contributed by atoms with Gasteiger partial charge >= 0.3 is 0 Å². The first-order valence-electron chi connectivity index (χ1n) is 6.82. The lowest BCUT2D eigenvalue weighted by molar-refractivity contribution is -0.127. The molecule has 0 heterocycles. The maximum Gasteiger partial charge on any atom is 0.230 e. The molecule has 0 saturated heterocycles. The Labute approximate surface area is 113 Å². The van der Waals surface area contributed by atoms with E-state index in [1.54, 1.807) is 0 Å². The molecule has 1 aromatic rings. The summed E-state index contributed by atoms with van der Waals surface area (Å²) in [6.07, 6.45) is 2.89. The molecule has 3 N–H and O–H groups in total. The van der Waals surface area contributed by atoms with E-state index in [0.29, 0.717) is 0 Å². The normalized spacial score (nSPS) is 19.1.